The van der Waals surface area contributed by atoms with Gasteiger partial charge in [-0.2, -0.15) is 0 Å². The van der Waals surface area contributed by atoms with Crippen molar-refractivity contribution in [2.24, 2.45) is 0 Å². The minimum absolute atomic E-state index is 0.676. The standard InChI is InChI=1S/C16H23Br/c1-13(11-12-17)14-7-9-16(10-8-14)15-5-3-2-4-6-15/h7-10,13,15H,2-6,11-12H2,1H3. The maximum absolute atomic E-state index is 3.52. The lowest BCUT2D eigenvalue weighted by atomic mass is 9.83. The zero-order chi connectivity index (χ0) is 12.1. The zero-order valence-electron chi connectivity index (χ0n) is 10.8. The summed E-state index contributed by atoms with van der Waals surface area (Å²) in [6, 6.07) is 9.43. The van der Waals surface area contributed by atoms with E-state index in [0.29, 0.717) is 5.92 Å². The molecule has 0 amide bonds. The van der Waals surface area contributed by atoms with Crippen molar-refractivity contribution >= 4 is 15.9 Å². The summed E-state index contributed by atoms with van der Waals surface area (Å²) < 4.78 is 0. The molecule has 94 valence electrons. The van der Waals surface area contributed by atoms with Crippen LogP contribution < -0.4 is 0 Å². The van der Waals surface area contributed by atoms with Gasteiger partial charge in [-0.1, -0.05) is 66.4 Å². The minimum Gasteiger partial charge on any atom is -0.0928 e. The van der Waals surface area contributed by atoms with Gasteiger partial charge in [-0.3, -0.25) is 0 Å². The Kier molecular flexibility index (Phi) is 5.09. The van der Waals surface area contributed by atoms with E-state index in [1.807, 2.05) is 0 Å². The lowest BCUT2D eigenvalue weighted by Crippen LogP contribution is -2.04. The summed E-state index contributed by atoms with van der Waals surface area (Å²) in [6.07, 6.45) is 8.31. The first-order valence-corrected chi connectivity index (χ1v) is 8.09. The molecule has 1 atom stereocenters. The van der Waals surface area contributed by atoms with Crippen molar-refractivity contribution in [2.45, 2.75) is 57.3 Å². The van der Waals surface area contributed by atoms with Crippen LogP contribution in [0.3, 0.4) is 0 Å². The molecule has 1 aromatic carbocycles. The summed E-state index contributed by atoms with van der Waals surface area (Å²) in [5.41, 5.74) is 3.06. The van der Waals surface area contributed by atoms with Gasteiger partial charge in [-0.25, -0.2) is 0 Å². The van der Waals surface area contributed by atoms with Crippen LogP contribution in [-0.4, -0.2) is 5.33 Å². The smallest absolute Gasteiger partial charge is 0.00370 e. The van der Waals surface area contributed by atoms with E-state index in [2.05, 4.69) is 47.1 Å². The average Bonchev–Trinajstić information content (AvgIpc) is 2.40. The van der Waals surface area contributed by atoms with E-state index >= 15 is 0 Å². The van der Waals surface area contributed by atoms with Gasteiger partial charge < -0.3 is 0 Å². The number of halogens is 1. The van der Waals surface area contributed by atoms with E-state index in [4.69, 9.17) is 0 Å². The van der Waals surface area contributed by atoms with Crippen LogP contribution in [-0.2, 0) is 0 Å². The molecule has 0 spiro atoms. The van der Waals surface area contributed by atoms with Gasteiger partial charge in [0.25, 0.3) is 0 Å². The van der Waals surface area contributed by atoms with Crippen LogP contribution in [0.1, 0.15) is 68.4 Å². The molecule has 1 saturated carbocycles. The van der Waals surface area contributed by atoms with Gasteiger partial charge >= 0.3 is 0 Å². The SMILES string of the molecule is CC(CCBr)c1ccc(C2CCCCC2)cc1. The Bertz CT molecular complexity index is 322. The molecular weight excluding hydrogens is 272 g/mol. The summed E-state index contributed by atoms with van der Waals surface area (Å²) in [4.78, 5) is 0. The summed E-state index contributed by atoms with van der Waals surface area (Å²) in [7, 11) is 0. The second-order valence-electron chi connectivity index (χ2n) is 5.38. The molecule has 0 heterocycles. The van der Waals surface area contributed by atoms with Crippen LogP contribution >= 0.6 is 15.9 Å². The summed E-state index contributed by atoms with van der Waals surface area (Å²) in [5.74, 6) is 1.51. The molecule has 1 aliphatic rings. The highest BCUT2D eigenvalue weighted by Gasteiger charge is 2.15. The highest BCUT2D eigenvalue weighted by Crippen LogP contribution is 2.33. The topological polar surface area (TPSA) is 0 Å². The fourth-order valence-electron chi connectivity index (χ4n) is 2.86. The highest BCUT2D eigenvalue weighted by atomic mass is 79.9. The number of alkyl halides is 1. The van der Waals surface area contributed by atoms with E-state index in [1.54, 1.807) is 5.56 Å². The quantitative estimate of drug-likeness (QED) is 0.632. The maximum Gasteiger partial charge on any atom is 0.00370 e. The first-order valence-electron chi connectivity index (χ1n) is 6.97. The number of benzene rings is 1. The predicted octanol–water partition coefficient (Wildman–Crippen LogP) is 5.62. The Hall–Kier alpha value is -0.300. The molecular formula is C16H23Br. The van der Waals surface area contributed by atoms with Crippen LogP contribution in [0.4, 0.5) is 0 Å². The van der Waals surface area contributed by atoms with Crippen molar-refractivity contribution in [3.8, 4) is 0 Å². The molecule has 0 bridgehead atoms. The Labute approximate surface area is 114 Å². The molecule has 2 rings (SSSR count). The summed E-state index contributed by atoms with van der Waals surface area (Å²) in [6.45, 7) is 2.32. The molecule has 1 aromatic rings. The molecule has 0 aliphatic heterocycles. The average molecular weight is 295 g/mol. The molecule has 1 heteroatoms. The van der Waals surface area contributed by atoms with Crippen molar-refractivity contribution in [3.05, 3.63) is 35.4 Å². The molecule has 1 aliphatic carbocycles. The molecule has 0 aromatic heterocycles. The van der Waals surface area contributed by atoms with E-state index in [-0.39, 0.29) is 0 Å². The normalized spacial score (nSPS) is 19.2. The van der Waals surface area contributed by atoms with Gasteiger partial charge in [0, 0.05) is 5.33 Å². The number of hydrogen-bond acceptors (Lipinski definition) is 0. The Balaban J connectivity index is 2.01. The lowest BCUT2D eigenvalue weighted by Gasteiger charge is -2.22. The van der Waals surface area contributed by atoms with Gasteiger partial charge in [0.2, 0.25) is 0 Å². The zero-order valence-corrected chi connectivity index (χ0v) is 12.4. The molecule has 0 radical (unpaired) electrons. The largest absolute Gasteiger partial charge is 0.0928 e. The van der Waals surface area contributed by atoms with Crippen LogP contribution in [0.2, 0.25) is 0 Å². The van der Waals surface area contributed by atoms with Crippen LogP contribution in [0, 0.1) is 0 Å². The Morgan fingerprint density at radius 1 is 1.12 bits per heavy atom. The van der Waals surface area contributed by atoms with E-state index in [0.717, 1.165) is 11.2 Å². The number of hydrogen-bond donors (Lipinski definition) is 0. The first kappa shape index (κ1) is 13.1. The molecule has 0 saturated heterocycles. The van der Waals surface area contributed by atoms with Crippen LogP contribution in [0.25, 0.3) is 0 Å². The Morgan fingerprint density at radius 2 is 1.76 bits per heavy atom. The summed E-state index contributed by atoms with van der Waals surface area (Å²) in [5, 5.41) is 1.10. The first-order chi connectivity index (χ1) is 8.31. The van der Waals surface area contributed by atoms with Gasteiger partial charge in [0.05, 0.1) is 0 Å². The van der Waals surface area contributed by atoms with Crippen LogP contribution in [0.5, 0.6) is 0 Å². The monoisotopic (exact) mass is 294 g/mol. The molecule has 1 fully saturated rings. The van der Waals surface area contributed by atoms with Crippen LogP contribution in [0.15, 0.2) is 24.3 Å². The second kappa shape index (κ2) is 6.58. The third kappa shape index (κ3) is 3.58. The van der Waals surface area contributed by atoms with Crippen molar-refractivity contribution in [2.75, 3.05) is 5.33 Å². The third-order valence-corrected chi connectivity index (χ3v) is 4.58. The minimum atomic E-state index is 0.676. The second-order valence-corrected chi connectivity index (χ2v) is 6.17. The third-order valence-electron chi connectivity index (χ3n) is 4.12. The molecule has 0 nitrogen and oxygen atoms in total. The Morgan fingerprint density at radius 3 is 2.35 bits per heavy atom. The summed E-state index contributed by atoms with van der Waals surface area (Å²) >= 11 is 3.52. The van der Waals surface area contributed by atoms with Crippen molar-refractivity contribution in [3.63, 3.8) is 0 Å². The fraction of sp³-hybridized carbons (Fsp3) is 0.625. The number of rotatable bonds is 4. The predicted molar refractivity (Wildman–Crippen MR) is 79.1 cm³/mol. The highest BCUT2D eigenvalue weighted by molar-refractivity contribution is 9.09. The van der Waals surface area contributed by atoms with E-state index in [1.165, 1.54) is 44.1 Å². The molecule has 1 unspecified atom stereocenters. The van der Waals surface area contributed by atoms with Gasteiger partial charge in [-0.05, 0) is 42.2 Å². The van der Waals surface area contributed by atoms with E-state index in [9.17, 15) is 0 Å². The fourth-order valence-corrected chi connectivity index (χ4v) is 3.55. The van der Waals surface area contributed by atoms with Gasteiger partial charge in [0.15, 0.2) is 0 Å². The maximum atomic E-state index is 3.52. The van der Waals surface area contributed by atoms with Crippen molar-refractivity contribution < 1.29 is 0 Å². The molecule has 17 heavy (non-hydrogen) atoms. The van der Waals surface area contributed by atoms with Crippen molar-refractivity contribution in [1.29, 1.82) is 0 Å². The van der Waals surface area contributed by atoms with Crippen molar-refractivity contribution in [1.82, 2.24) is 0 Å². The molecule has 0 N–H and O–H groups in total. The van der Waals surface area contributed by atoms with Gasteiger partial charge in [-0.15, -0.1) is 0 Å². The lowest BCUT2D eigenvalue weighted by molar-refractivity contribution is 0.443. The van der Waals surface area contributed by atoms with Gasteiger partial charge in [0.1, 0.15) is 0 Å². The van der Waals surface area contributed by atoms with E-state index < -0.39 is 0 Å².